The maximum absolute atomic E-state index is 6.25. The highest BCUT2D eigenvalue weighted by Crippen LogP contribution is 2.60. The van der Waals surface area contributed by atoms with Crippen molar-refractivity contribution in [1.82, 2.24) is 0 Å². The smallest absolute Gasteiger partial charge is 0.323 e. The van der Waals surface area contributed by atoms with Gasteiger partial charge in [0.1, 0.15) is 0 Å². The molecule has 0 N–H and O–H groups in total. The van der Waals surface area contributed by atoms with Crippen LogP contribution in [0.5, 0.6) is 0 Å². The highest BCUT2D eigenvalue weighted by atomic mass is 17.3. The number of allylic oxidation sites excluding steroid dienone is 4. The second kappa shape index (κ2) is 9.69. The molecule has 41 heavy (non-hydrogen) atoms. The molecule has 10 aliphatic rings. The predicted molar refractivity (Wildman–Crippen MR) is 146 cm³/mol. The Morgan fingerprint density at radius 1 is 0.951 bits per heavy atom. The van der Waals surface area contributed by atoms with Crippen molar-refractivity contribution >= 4 is 0 Å². The molecule has 2 spiro atoms. The van der Waals surface area contributed by atoms with Crippen molar-refractivity contribution < 1.29 is 43.2 Å². The molecule has 0 amide bonds. The van der Waals surface area contributed by atoms with Crippen LogP contribution in [0.15, 0.2) is 58.3 Å². The summed E-state index contributed by atoms with van der Waals surface area (Å²) in [6.07, 6.45) is 10.8. The fourth-order valence-electron chi connectivity index (χ4n) is 8.33. The van der Waals surface area contributed by atoms with Gasteiger partial charge in [0, 0.05) is 41.6 Å². The number of ether oxygens (including phenoxy) is 5. The van der Waals surface area contributed by atoms with Crippen LogP contribution in [0, 0.1) is 23.7 Å². The third-order valence-electron chi connectivity index (χ3n) is 10.6. The zero-order chi connectivity index (χ0) is 28.7. The Bertz CT molecular complexity index is 1260. The van der Waals surface area contributed by atoms with Gasteiger partial charge in [-0.1, -0.05) is 26.0 Å². The van der Waals surface area contributed by atoms with Crippen LogP contribution in [-0.2, 0) is 43.2 Å². The van der Waals surface area contributed by atoms with Crippen molar-refractivity contribution in [3.05, 3.63) is 58.3 Å². The first-order valence-corrected chi connectivity index (χ1v) is 15.1. The lowest BCUT2D eigenvalue weighted by atomic mass is 9.58. The van der Waals surface area contributed by atoms with Crippen LogP contribution in [0.25, 0.3) is 0 Å². The molecule has 10 unspecified atom stereocenters. The first kappa shape index (κ1) is 27.7. The van der Waals surface area contributed by atoms with Gasteiger partial charge in [0.25, 0.3) is 6.29 Å². The van der Waals surface area contributed by atoms with Crippen LogP contribution >= 0.6 is 0 Å². The second-order valence-electron chi connectivity index (χ2n) is 12.9. The quantitative estimate of drug-likeness (QED) is 0.358. The van der Waals surface area contributed by atoms with E-state index in [-0.39, 0.29) is 18.5 Å². The molecule has 10 rings (SSSR count). The lowest BCUT2D eigenvalue weighted by molar-refractivity contribution is -0.577. The van der Waals surface area contributed by atoms with Crippen LogP contribution < -0.4 is 0 Å². The summed E-state index contributed by atoms with van der Waals surface area (Å²) in [4.78, 5) is 23.0. The minimum absolute atomic E-state index is 0.216. The zero-order valence-corrected chi connectivity index (χ0v) is 25.1. The Morgan fingerprint density at radius 3 is 2.59 bits per heavy atom. The molecule has 1 saturated carbocycles. The van der Waals surface area contributed by atoms with E-state index in [0.29, 0.717) is 30.3 Å². The van der Waals surface area contributed by atoms with E-state index in [4.69, 9.17) is 43.2 Å². The molecule has 9 heteroatoms. The molecule has 9 nitrogen and oxygen atoms in total. The Morgan fingerprint density at radius 2 is 1.78 bits per heavy atom. The predicted octanol–water partition coefficient (Wildman–Crippen LogP) is 6.25. The van der Waals surface area contributed by atoms with Crippen LogP contribution in [0.1, 0.15) is 74.1 Å². The standard InChI is InChI=1S/C17H28O5.C15H14O4/c1-5-18-14-11(3)13-7-6-10(2)12-8-9-16(4)20-15(19-14)17(12,13)22-21-16;1-8-4-5-11-6-7-16-14-15(11)12(8)9(2)10(3)13(17-14)18-19-15/h10-15H,5-9H2,1-4H3;4-7,14H,1-3H3. The minimum Gasteiger partial charge on any atom is -0.459 e. The molecule has 0 radical (unpaired) electrons. The van der Waals surface area contributed by atoms with Gasteiger partial charge in [-0.2, -0.15) is 4.89 Å². The summed E-state index contributed by atoms with van der Waals surface area (Å²) in [5, 5.41) is 0. The van der Waals surface area contributed by atoms with E-state index >= 15 is 0 Å². The van der Waals surface area contributed by atoms with Gasteiger partial charge in [-0.25, -0.2) is 9.78 Å². The zero-order valence-electron chi connectivity index (χ0n) is 25.1. The lowest BCUT2D eigenvalue weighted by Crippen LogP contribution is -2.70. The Hall–Kier alpha value is -2.14. The molecule has 8 aliphatic heterocycles. The van der Waals surface area contributed by atoms with Crippen molar-refractivity contribution in [3.8, 4) is 0 Å². The molecule has 8 heterocycles. The molecule has 0 aromatic rings. The van der Waals surface area contributed by atoms with E-state index in [1.165, 1.54) is 6.42 Å². The van der Waals surface area contributed by atoms with E-state index < -0.39 is 23.3 Å². The Balaban J connectivity index is 0.000000136. The van der Waals surface area contributed by atoms with E-state index in [9.17, 15) is 0 Å². The maximum Gasteiger partial charge on any atom is 0.323 e. The summed E-state index contributed by atoms with van der Waals surface area (Å²) in [5.41, 5.74) is 3.97. The minimum atomic E-state index is -0.821. The first-order valence-electron chi connectivity index (χ1n) is 15.1. The van der Waals surface area contributed by atoms with Gasteiger partial charge < -0.3 is 23.7 Å². The normalized spacial score (nSPS) is 46.9. The van der Waals surface area contributed by atoms with Crippen LogP contribution in [-0.4, -0.2) is 42.5 Å². The van der Waals surface area contributed by atoms with Crippen molar-refractivity contribution in [2.24, 2.45) is 23.7 Å². The van der Waals surface area contributed by atoms with Gasteiger partial charge in [-0.3, -0.25) is 4.89 Å². The monoisotopic (exact) mass is 570 g/mol. The van der Waals surface area contributed by atoms with Gasteiger partial charge in [0.2, 0.25) is 11.4 Å². The summed E-state index contributed by atoms with van der Waals surface area (Å²) in [6, 6.07) is 0. The molecule has 224 valence electrons. The lowest BCUT2D eigenvalue weighted by Gasteiger charge is -2.60. The van der Waals surface area contributed by atoms with E-state index in [1.54, 1.807) is 6.26 Å². The average Bonchev–Trinajstić information content (AvgIpc) is 3.29. The van der Waals surface area contributed by atoms with Crippen molar-refractivity contribution in [2.45, 2.75) is 110 Å². The molecule has 0 aromatic heterocycles. The van der Waals surface area contributed by atoms with Crippen molar-refractivity contribution in [3.63, 3.8) is 0 Å². The largest absolute Gasteiger partial charge is 0.459 e. The van der Waals surface area contributed by atoms with Gasteiger partial charge in [-0.15, -0.1) is 0 Å². The SMILES string of the molecule is CC1=CC=C2C=COC3OC4=C(C)C(C)=C1C23OO4.CCOC1OC2OC3(C)CCC4C(C)CCC(C1C)C24OO3. The van der Waals surface area contributed by atoms with E-state index in [2.05, 4.69) is 33.8 Å². The summed E-state index contributed by atoms with van der Waals surface area (Å²) in [5.74, 6) is 1.34. The molecular formula is C32H42O9. The van der Waals surface area contributed by atoms with Gasteiger partial charge in [-0.05, 0) is 82.9 Å². The van der Waals surface area contributed by atoms with E-state index in [1.807, 2.05) is 32.9 Å². The van der Waals surface area contributed by atoms with Gasteiger partial charge in [0.05, 0.1) is 6.26 Å². The molecule has 2 aliphatic carbocycles. The van der Waals surface area contributed by atoms with Crippen LogP contribution in [0.4, 0.5) is 0 Å². The fourth-order valence-corrected chi connectivity index (χ4v) is 8.33. The summed E-state index contributed by atoms with van der Waals surface area (Å²) in [6.45, 7) is 15.2. The molecule has 0 aromatic carbocycles. The van der Waals surface area contributed by atoms with Crippen molar-refractivity contribution in [1.29, 1.82) is 0 Å². The Labute approximate surface area is 241 Å². The second-order valence-corrected chi connectivity index (χ2v) is 12.9. The Kier molecular flexibility index (Phi) is 6.54. The molecule has 6 fully saturated rings. The first-order chi connectivity index (χ1) is 19.6. The van der Waals surface area contributed by atoms with Gasteiger partial charge >= 0.3 is 5.95 Å². The third kappa shape index (κ3) is 3.82. The molecular weight excluding hydrogens is 528 g/mol. The van der Waals surface area contributed by atoms with E-state index in [0.717, 1.165) is 47.1 Å². The molecule has 4 bridgehead atoms. The molecule has 10 atom stereocenters. The number of hydrogen-bond acceptors (Lipinski definition) is 9. The number of fused-ring (bicyclic) bond motifs is 4. The number of rotatable bonds is 2. The average molecular weight is 571 g/mol. The number of hydrogen-bond donors (Lipinski definition) is 0. The summed E-state index contributed by atoms with van der Waals surface area (Å²) < 4.78 is 29.8. The van der Waals surface area contributed by atoms with Crippen LogP contribution in [0.2, 0.25) is 0 Å². The highest BCUT2D eigenvalue weighted by molar-refractivity contribution is 5.61. The fraction of sp³-hybridized carbons (Fsp3) is 0.688. The molecule has 5 saturated heterocycles. The summed E-state index contributed by atoms with van der Waals surface area (Å²) >= 11 is 0. The van der Waals surface area contributed by atoms with Crippen LogP contribution in [0.3, 0.4) is 0 Å². The highest BCUT2D eigenvalue weighted by Gasteiger charge is 2.69. The topological polar surface area (TPSA) is 83.1 Å². The maximum atomic E-state index is 6.25. The third-order valence-corrected chi connectivity index (χ3v) is 10.6. The van der Waals surface area contributed by atoms with Gasteiger partial charge in [0.15, 0.2) is 18.2 Å². The van der Waals surface area contributed by atoms with Crippen molar-refractivity contribution in [2.75, 3.05) is 6.61 Å². The summed E-state index contributed by atoms with van der Waals surface area (Å²) in [7, 11) is 0.